The fraction of sp³-hybridized carbons (Fsp3) is 0.625. The molecule has 0 aromatic carbocycles. The van der Waals surface area contributed by atoms with Crippen molar-refractivity contribution in [3.05, 3.63) is 18.2 Å². The molecule has 3 heteroatoms. The number of hydrogen-bond donors (Lipinski definition) is 1. The van der Waals surface area contributed by atoms with Gasteiger partial charge in [0, 0.05) is 13.2 Å². The zero-order chi connectivity index (χ0) is 7.68. The molecule has 3 nitrogen and oxygen atoms in total. The van der Waals surface area contributed by atoms with Crippen molar-refractivity contribution in [2.24, 2.45) is 13.0 Å². The minimum Gasteiger partial charge on any atom is -0.340 e. The zero-order valence-electron chi connectivity index (χ0n) is 6.75. The largest absolute Gasteiger partial charge is 0.340 e. The monoisotopic (exact) mass is 151 g/mol. The maximum absolute atomic E-state index is 4.27. The number of nitrogens with one attached hydrogen (secondary N) is 1. The first-order valence-electron chi connectivity index (χ1n) is 4.02. The standard InChI is InChI=1S/C8H13N3/c1-11-5-8(10-6-11)2-7-3-9-4-7/h5-7,9H,2-4H2,1H3. The van der Waals surface area contributed by atoms with Crippen LogP contribution in [-0.2, 0) is 13.5 Å². The van der Waals surface area contributed by atoms with Crippen LogP contribution in [0.2, 0.25) is 0 Å². The van der Waals surface area contributed by atoms with Gasteiger partial charge in [0.2, 0.25) is 0 Å². The Bertz CT molecular complexity index is 237. The summed E-state index contributed by atoms with van der Waals surface area (Å²) in [4.78, 5) is 4.27. The van der Waals surface area contributed by atoms with E-state index in [1.165, 1.54) is 5.69 Å². The van der Waals surface area contributed by atoms with Crippen molar-refractivity contribution in [3.63, 3.8) is 0 Å². The van der Waals surface area contributed by atoms with Crippen LogP contribution in [-0.4, -0.2) is 22.6 Å². The van der Waals surface area contributed by atoms with Crippen molar-refractivity contribution >= 4 is 0 Å². The van der Waals surface area contributed by atoms with Crippen LogP contribution in [0.15, 0.2) is 12.5 Å². The van der Waals surface area contributed by atoms with Gasteiger partial charge >= 0.3 is 0 Å². The van der Waals surface area contributed by atoms with Crippen molar-refractivity contribution in [2.45, 2.75) is 6.42 Å². The lowest BCUT2D eigenvalue weighted by Crippen LogP contribution is -2.43. The molecule has 0 spiro atoms. The number of aryl methyl sites for hydroxylation is 1. The van der Waals surface area contributed by atoms with Gasteiger partial charge in [-0.25, -0.2) is 4.98 Å². The van der Waals surface area contributed by atoms with Crippen LogP contribution in [0.1, 0.15) is 5.69 Å². The SMILES string of the molecule is Cn1cnc(CC2CNC2)c1. The summed E-state index contributed by atoms with van der Waals surface area (Å²) in [6.45, 7) is 2.33. The van der Waals surface area contributed by atoms with Crippen molar-refractivity contribution in [1.82, 2.24) is 14.9 Å². The summed E-state index contributed by atoms with van der Waals surface area (Å²) in [5.74, 6) is 0.824. The summed E-state index contributed by atoms with van der Waals surface area (Å²) in [5.41, 5.74) is 1.22. The predicted molar refractivity (Wildman–Crippen MR) is 43.3 cm³/mol. The first kappa shape index (κ1) is 6.85. The Morgan fingerprint density at radius 1 is 1.73 bits per heavy atom. The maximum Gasteiger partial charge on any atom is 0.0946 e. The van der Waals surface area contributed by atoms with Gasteiger partial charge in [0.15, 0.2) is 0 Å². The van der Waals surface area contributed by atoms with E-state index in [0.29, 0.717) is 0 Å². The Kier molecular flexibility index (Phi) is 1.66. The van der Waals surface area contributed by atoms with E-state index in [4.69, 9.17) is 0 Å². The van der Waals surface area contributed by atoms with E-state index >= 15 is 0 Å². The quantitative estimate of drug-likeness (QED) is 0.653. The fourth-order valence-corrected chi connectivity index (χ4v) is 1.36. The van der Waals surface area contributed by atoms with Crippen LogP contribution in [0.25, 0.3) is 0 Å². The van der Waals surface area contributed by atoms with E-state index in [1.807, 2.05) is 17.9 Å². The zero-order valence-corrected chi connectivity index (χ0v) is 6.75. The van der Waals surface area contributed by atoms with Crippen molar-refractivity contribution in [2.75, 3.05) is 13.1 Å². The van der Waals surface area contributed by atoms with Gasteiger partial charge in [-0.1, -0.05) is 0 Å². The van der Waals surface area contributed by atoms with Crippen LogP contribution < -0.4 is 5.32 Å². The highest BCUT2D eigenvalue weighted by atomic mass is 15.0. The molecular formula is C8H13N3. The molecule has 1 aliphatic heterocycles. The van der Waals surface area contributed by atoms with Crippen molar-refractivity contribution < 1.29 is 0 Å². The number of hydrogen-bond acceptors (Lipinski definition) is 2. The Morgan fingerprint density at radius 3 is 3.00 bits per heavy atom. The summed E-state index contributed by atoms with van der Waals surface area (Å²) >= 11 is 0. The Balaban J connectivity index is 1.95. The minimum absolute atomic E-state index is 0.824. The second-order valence-electron chi connectivity index (χ2n) is 3.26. The van der Waals surface area contributed by atoms with E-state index in [9.17, 15) is 0 Å². The van der Waals surface area contributed by atoms with Crippen LogP contribution in [0.5, 0.6) is 0 Å². The highest BCUT2D eigenvalue weighted by Gasteiger charge is 2.17. The second kappa shape index (κ2) is 2.66. The Hall–Kier alpha value is -0.830. The lowest BCUT2D eigenvalue weighted by molar-refractivity contribution is 0.344. The first-order valence-corrected chi connectivity index (χ1v) is 4.02. The Morgan fingerprint density at radius 2 is 2.55 bits per heavy atom. The summed E-state index contributed by atoms with van der Waals surface area (Å²) in [6.07, 6.45) is 5.09. The van der Waals surface area contributed by atoms with Gasteiger partial charge in [0.25, 0.3) is 0 Å². The molecule has 2 heterocycles. The maximum atomic E-state index is 4.27. The van der Waals surface area contributed by atoms with Crippen molar-refractivity contribution in [3.8, 4) is 0 Å². The summed E-state index contributed by atoms with van der Waals surface area (Å²) in [7, 11) is 2.01. The molecule has 1 aromatic rings. The normalized spacial score (nSPS) is 18.3. The smallest absolute Gasteiger partial charge is 0.0946 e. The highest BCUT2D eigenvalue weighted by molar-refractivity contribution is 4.99. The van der Waals surface area contributed by atoms with Gasteiger partial charge in [0.05, 0.1) is 12.0 Å². The number of imidazole rings is 1. The second-order valence-corrected chi connectivity index (χ2v) is 3.26. The lowest BCUT2D eigenvalue weighted by atomic mass is 9.98. The molecule has 0 unspecified atom stereocenters. The van der Waals surface area contributed by atoms with Crippen LogP contribution >= 0.6 is 0 Å². The van der Waals surface area contributed by atoms with Gasteiger partial charge in [-0.3, -0.25) is 0 Å². The third kappa shape index (κ3) is 1.43. The minimum atomic E-state index is 0.824. The summed E-state index contributed by atoms with van der Waals surface area (Å²) in [6, 6.07) is 0. The number of aromatic nitrogens is 2. The molecule has 0 radical (unpaired) electrons. The third-order valence-electron chi connectivity index (χ3n) is 2.12. The summed E-state index contributed by atoms with van der Waals surface area (Å²) in [5, 5.41) is 3.25. The van der Waals surface area contributed by atoms with E-state index in [0.717, 1.165) is 25.4 Å². The van der Waals surface area contributed by atoms with Crippen LogP contribution in [0, 0.1) is 5.92 Å². The van der Waals surface area contributed by atoms with Crippen LogP contribution in [0.3, 0.4) is 0 Å². The van der Waals surface area contributed by atoms with Gasteiger partial charge in [-0.05, 0) is 25.4 Å². The molecule has 1 saturated heterocycles. The summed E-state index contributed by atoms with van der Waals surface area (Å²) < 4.78 is 2.00. The molecule has 60 valence electrons. The molecule has 1 N–H and O–H groups in total. The highest BCUT2D eigenvalue weighted by Crippen LogP contribution is 2.09. The predicted octanol–water partition coefficient (Wildman–Crippen LogP) is 0.182. The molecule has 0 bridgehead atoms. The van der Waals surface area contributed by atoms with E-state index < -0.39 is 0 Å². The van der Waals surface area contributed by atoms with Gasteiger partial charge in [-0.15, -0.1) is 0 Å². The third-order valence-corrected chi connectivity index (χ3v) is 2.12. The average Bonchev–Trinajstić information content (AvgIpc) is 2.27. The van der Waals surface area contributed by atoms with Crippen molar-refractivity contribution in [1.29, 1.82) is 0 Å². The number of rotatable bonds is 2. The molecule has 0 amide bonds. The molecule has 0 atom stereocenters. The van der Waals surface area contributed by atoms with Gasteiger partial charge in [0.1, 0.15) is 0 Å². The molecule has 2 rings (SSSR count). The molecule has 1 aliphatic rings. The van der Waals surface area contributed by atoms with E-state index in [1.54, 1.807) is 0 Å². The Labute approximate surface area is 66.4 Å². The molecule has 11 heavy (non-hydrogen) atoms. The van der Waals surface area contributed by atoms with E-state index in [-0.39, 0.29) is 0 Å². The van der Waals surface area contributed by atoms with E-state index in [2.05, 4.69) is 16.5 Å². The fourth-order valence-electron chi connectivity index (χ4n) is 1.36. The first-order chi connectivity index (χ1) is 5.34. The topological polar surface area (TPSA) is 29.9 Å². The average molecular weight is 151 g/mol. The number of nitrogens with zero attached hydrogens (tertiary/aromatic N) is 2. The molecule has 0 saturated carbocycles. The molecular weight excluding hydrogens is 138 g/mol. The lowest BCUT2D eigenvalue weighted by Gasteiger charge is -2.26. The van der Waals surface area contributed by atoms with Gasteiger partial charge in [-0.2, -0.15) is 0 Å². The molecule has 1 aromatic heterocycles. The molecule has 1 fully saturated rings. The van der Waals surface area contributed by atoms with Gasteiger partial charge < -0.3 is 9.88 Å². The molecule has 0 aliphatic carbocycles. The van der Waals surface area contributed by atoms with Crippen LogP contribution in [0.4, 0.5) is 0 Å².